The summed E-state index contributed by atoms with van der Waals surface area (Å²) in [5, 5.41) is 3.87. The minimum absolute atomic E-state index is 0.0383. The van der Waals surface area contributed by atoms with E-state index in [-0.39, 0.29) is 23.9 Å². The van der Waals surface area contributed by atoms with E-state index in [0.29, 0.717) is 10.6 Å². The molecule has 162 valence electrons. The molecule has 2 aromatic rings. The lowest BCUT2D eigenvalue weighted by Gasteiger charge is -2.40. The zero-order chi connectivity index (χ0) is 21.8. The molecule has 0 bridgehead atoms. The Morgan fingerprint density at radius 1 is 1.20 bits per heavy atom. The van der Waals surface area contributed by atoms with E-state index in [1.807, 2.05) is 0 Å². The van der Waals surface area contributed by atoms with Gasteiger partial charge in [-0.15, -0.1) is 0 Å². The van der Waals surface area contributed by atoms with Crippen LogP contribution >= 0.6 is 11.6 Å². The predicted molar refractivity (Wildman–Crippen MR) is 120 cm³/mol. The first-order chi connectivity index (χ1) is 14.4. The highest BCUT2D eigenvalue weighted by Crippen LogP contribution is 2.36. The predicted octanol–water partition coefficient (Wildman–Crippen LogP) is 3.31. The Bertz CT molecular complexity index is 900. The van der Waals surface area contributed by atoms with Crippen LogP contribution in [0, 0.1) is 5.92 Å². The summed E-state index contributed by atoms with van der Waals surface area (Å²) in [6.07, 6.45) is 0.975. The molecule has 0 saturated heterocycles. The van der Waals surface area contributed by atoms with Gasteiger partial charge in [0.2, 0.25) is 0 Å². The number of methoxy groups -OCH3 is 2. The third-order valence-electron chi connectivity index (χ3n) is 6.05. The molecule has 1 aliphatic rings. The second kappa shape index (κ2) is 9.71. The molecule has 1 heterocycles. The highest BCUT2D eigenvalue weighted by Gasteiger charge is 2.39. The van der Waals surface area contributed by atoms with Crippen LogP contribution in [0.15, 0.2) is 36.4 Å². The van der Waals surface area contributed by atoms with Gasteiger partial charge in [0.15, 0.2) is 11.5 Å². The summed E-state index contributed by atoms with van der Waals surface area (Å²) in [6, 6.07) is 11.4. The van der Waals surface area contributed by atoms with Crippen LogP contribution in [-0.4, -0.2) is 39.3 Å². The number of carbonyl (C=O) groups excluding carboxylic acids is 1. The smallest absolute Gasteiger partial charge is 0.251 e. The summed E-state index contributed by atoms with van der Waals surface area (Å²) in [7, 11) is 3.32. The Hall–Kier alpha value is -2.24. The Morgan fingerprint density at radius 3 is 2.50 bits per heavy atom. The average Bonchev–Trinajstić information content (AvgIpc) is 2.75. The number of likely N-dealkylation sites (N-methyl/N-ethyl adjacent to an activating group) is 1. The normalized spacial score (nSPS) is 19.2. The van der Waals surface area contributed by atoms with Crippen molar-refractivity contribution < 1.29 is 19.2 Å². The van der Waals surface area contributed by atoms with Crippen molar-refractivity contribution in [3.05, 3.63) is 58.1 Å². The van der Waals surface area contributed by atoms with Crippen molar-refractivity contribution in [3.8, 4) is 11.5 Å². The summed E-state index contributed by atoms with van der Waals surface area (Å²) in [4.78, 5) is 14.5. The summed E-state index contributed by atoms with van der Waals surface area (Å²) in [5.41, 5.74) is 3.06. The van der Waals surface area contributed by atoms with Crippen molar-refractivity contribution in [2.24, 2.45) is 5.92 Å². The van der Waals surface area contributed by atoms with Crippen LogP contribution in [0.25, 0.3) is 0 Å². The van der Waals surface area contributed by atoms with Crippen molar-refractivity contribution >= 4 is 17.5 Å². The number of benzene rings is 2. The molecule has 6 heteroatoms. The number of quaternary nitrogens is 1. The van der Waals surface area contributed by atoms with E-state index in [4.69, 9.17) is 21.1 Å². The molecule has 0 aromatic heterocycles. The first-order valence-corrected chi connectivity index (χ1v) is 10.9. The number of hydrogen-bond acceptors (Lipinski definition) is 3. The van der Waals surface area contributed by atoms with Gasteiger partial charge in [-0.05, 0) is 48.7 Å². The minimum atomic E-state index is -0.0979. The van der Waals surface area contributed by atoms with E-state index in [9.17, 15) is 4.79 Å². The van der Waals surface area contributed by atoms with Crippen LogP contribution in [0.3, 0.4) is 0 Å². The number of fused-ring (bicyclic) bond motifs is 1. The van der Waals surface area contributed by atoms with Gasteiger partial charge in [-0.25, -0.2) is 0 Å². The van der Waals surface area contributed by atoms with E-state index in [2.05, 4.69) is 38.2 Å². The standard InChI is InChI=1S/C24H31ClN2O3/c1-6-27-11-10-16-13-20(29-4)21(30-5)14-19(16)23(27)22(15(2)3)26-24(28)17-8-7-9-18(25)12-17/h7-9,12-15,22-23H,6,10-11H2,1-5H3,(H,26,28)/p+1/t22-,23-/m1/s1. The Balaban J connectivity index is 2.01. The molecular weight excluding hydrogens is 400 g/mol. The fraction of sp³-hybridized carbons (Fsp3) is 0.458. The summed E-state index contributed by atoms with van der Waals surface area (Å²) < 4.78 is 11.1. The van der Waals surface area contributed by atoms with Crippen LogP contribution in [0.4, 0.5) is 0 Å². The molecule has 2 aromatic carbocycles. The lowest BCUT2D eigenvalue weighted by Crippen LogP contribution is -3.14. The summed E-state index contributed by atoms with van der Waals surface area (Å²) in [6.45, 7) is 8.51. The Kier molecular flexibility index (Phi) is 7.27. The SMILES string of the molecule is CC[NH+]1CCc2cc(OC)c(OC)cc2[C@@H]1[C@H](NC(=O)c1cccc(Cl)c1)C(C)C. The lowest BCUT2D eigenvalue weighted by molar-refractivity contribution is -0.934. The van der Waals surface area contributed by atoms with Gasteiger partial charge in [-0.1, -0.05) is 31.5 Å². The molecule has 0 aliphatic carbocycles. The van der Waals surface area contributed by atoms with Gasteiger partial charge in [0.05, 0.1) is 33.4 Å². The molecule has 1 amide bonds. The van der Waals surface area contributed by atoms with Gasteiger partial charge in [-0.3, -0.25) is 4.79 Å². The van der Waals surface area contributed by atoms with Crippen LogP contribution < -0.4 is 19.7 Å². The second-order valence-electron chi connectivity index (χ2n) is 8.15. The number of ether oxygens (including phenoxy) is 2. The summed E-state index contributed by atoms with van der Waals surface area (Å²) >= 11 is 6.10. The fourth-order valence-electron chi connectivity index (χ4n) is 4.46. The van der Waals surface area contributed by atoms with Crippen LogP contribution in [0.5, 0.6) is 11.5 Å². The van der Waals surface area contributed by atoms with E-state index in [1.165, 1.54) is 16.0 Å². The second-order valence-corrected chi connectivity index (χ2v) is 8.59. The molecule has 0 spiro atoms. The first-order valence-electron chi connectivity index (χ1n) is 10.5. The Morgan fingerprint density at radius 2 is 1.90 bits per heavy atom. The third-order valence-corrected chi connectivity index (χ3v) is 6.29. The molecule has 3 rings (SSSR count). The number of amides is 1. The van der Waals surface area contributed by atoms with E-state index >= 15 is 0 Å². The minimum Gasteiger partial charge on any atom is -0.493 e. The van der Waals surface area contributed by atoms with Gasteiger partial charge < -0.3 is 19.7 Å². The van der Waals surface area contributed by atoms with Crippen molar-refractivity contribution in [3.63, 3.8) is 0 Å². The van der Waals surface area contributed by atoms with E-state index in [0.717, 1.165) is 31.0 Å². The van der Waals surface area contributed by atoms with Crippen molar-refractivity contribution in [1.29, 1.82) is 0 Å². The fourth-order valence-corrected chi connectivity index (χ4v) is 4.65. The number of hydrogen-bond donors (Lipinski definition) is 2. The third kappa shape index (κ3) is 4.57. The molecule has 0 radical (unpaired) electrons. The molecule has 1 unspecified atom stereocenters. The summed E-state index contributed by atoms with van der Waals surface area (Å²) in [5.74, 6) is 1.62. The zero-order valence-corrected chi connectivity index (χ0v) is 19.2. The van der Waals surface area contributed by atoms with E-state index < -0.39 is 0 Å². The van der Waals surface area contributed by atoms with Crippen molar-refractivity contribution in [1.82, 2.24) is 5.32 Å². The maximum absolute atomic E-state index is 13.1. The molecule has 2 N–H and O–H groups in total. The average molecular weight is 432 g/mol. The zero-order valence-electron chi connectivity index (χ0n) is 18.4. The number of carbonyl (C=O) groups is 1. The molecule has 30 heavy (non-hydrogen) atoms. The van der Waals surface area contributed by atoms with Crippen molar-refractivity contribution in [2.75, 3.05) is 27.3 Å². The van der Waals surface area contributed by atoms with Gasteiger partial charge >= 0.3 is 0 Å². The molecular formula is C24H32ClN2O3+. The number of rotatable bonds is 7. The molecule has 5 nitrogen and oxygen atoms in total. The Labute approximate surface area is 184 Å². The largest absolute Gasteiger partial charge is 0.493 e. The van der Waals surface area contributed by atoms with Gasteiger partial charge in [0.25, 0.3) is 5.91 Å². The molecule has 0 fully saturated rings. The van der Waals surface area contributed by atoms with Gasteiger partial charge in [0, 0.05) is 22.6 Å². The molecule has 1 aliphatic heterocycles. The maximum Gasteiger partial charge on any atom is 0.251 e. The van der Waals surface area contributed by atoms with Crippen LogP contribution in [0.2, 0.25) is 5.02 Å². The highest BCUT2D eigenvalue weighted by atomic mass is 35.5. The monoisotopic (exact) mass is 431 g/mol. The topological polar surface area (TPSA) is 52.0 Å². The highest BCUT2D eigenvalue weighted by molar-refractivity contribution is 6.30. The van der Waals surface area contributed by atoms with Gasteiger partial charge in [-0.2, -0.15) is 0 Å². The van der Waals surface area contributed by atoms with Crippen LogP contribution in [-0.2, 0) is 6.42 Å². The number of halogens is 1. The molecule has 0 saturated carbocycles. The molecule has 3 atom stereocenters. The lowest BCUT2D eigenvalue weighted by atomic mass is 9.83. The van der Waals surface area contributed by atoms with Gasteiger partial charge in [0.1, 0.15) is 6.04 Å². The van der Waals surface area contributed by atoms with Crippen molar-refractivity contribution in [2.45, 2.75) is 39.3 Å². The van der Waals surface area contributed by atoms with E-state index in [1.54, 1.807) is 38.5 Å². The number of nitrogens with one attached hydrogen (secondary N) is 2. The maximum atomic E-state index is 13.1. The van der Waals surface area contributed by atoms with Crippen LogP contribution in [0.1, 0.15) is 48.3 Å². The first kappa shape index (κ1) is 22.4. The quantitative estimate of drug-likeness (QED) is 0.707.